The zero-order valence-electron chi connectivity index (χ0n) is 18.6. The van der Waals surface area contributed by atoms with Gasteiger partial charge in [0, 0.05) is 0 Å². The fourth-order valence-electron chi connectivity index (χ4n) is 6.06. The van der Waals surface area contributed by atoms with Crippen LogP contribution in [-0.4, -0.2) is 0 Å². The third-order valence-electron chi connectivity index (χ3n) is 7.87. The Morgan fingerprint density at radius 1 is 0.833 bits per heavy atom. The predicted octanol–water partition coefficient (Wildman–Crippen LogP) is 8.68. The number of rotatable bonds is 6. The minimum absolute atomic E-state index is 0.117. The van der Waals surface area contributed by atoms with E-state index in [9.17, 15) is 8.78 Å². The number of aryl methyl sites for hydroxylation is 1. The summed E-state index contributed by atoms with van der Waals surface area (Å²) in [6.45, 7) is 4.36. The quantitative estimate of drug-likeness (QED) is 0.447. The van der Waals surface area contributed by atoms with E-state index in [0.29, 0.717) is 11.5 Å². The van der Waals surface area contributed by atoms with Crippen LogP contribution in [-0.2, 0) is 6.42 Å². The second-order valence-corrected chi connectivity index (χ2v) is 9.76. The molecular formula is C28H36F2. The molecule has 2 aliphatic rings. The number of fused-ring (bicyclic) bond motifs is 1. The molecule has 0 bridgehead atoms. The van der Waals surface area contributed by atoms with E-state index in [2.05, 4.69) is 13.8 Å². The lowest BCUT2D eigenvalue weighted by atomic mass is 9.63. The Labute approximate surface area is 181 Å². The molecule has 2 aromatic carbocycles. The summed E-state index contributed by atoms with van der Waals surface area (Å²) in [5.41, 5.74) is 2.79. The Balaban J connectivity index is 1.46. The summed E-state index contributed by atoms with van der Waals surface area (Å²) in [6, 6.07) is 10.8. The first-order valence-electron chi connectivity index (χ1n) is 12.2. The second kappa shape index (κ2) is 9.62. The maximum absolute atomic E-state index is 15.0. The van der Waals surface area contributed by atoms with Gasteiger partial charge in [-0.15, -0.1) is 0 Å². The highest BCUT2D eigenvalue weighted by Gasteiger charge is 2.36. The summed E-state index contributed by atoms with van der Waals surface area (Å²) in [7, 11) is 0. The van der Waals surface area contributed by atoms with E-state index in [1.54, 1.807) is 12.1 Å². The van der Waals surface area contributed by atoms with Crippen LogP contribution in [0.5, 0.6) is 0 Å². The molecule has 0 aliphatic heterocycles. The number of hydrogen-bond donors (Lipinski definition) is 0. The lowest BCUT2D eigenvalue weighted by Gasteiger charge is -2.42. The predicted molar refractivity (Wildman–Crippen MR) is 122 cm³/mol. The molecule has 0 N–H and O–H groups in total. The lowest BCUT2D eigenvalue weighted by molar-refractivity contribution is 0.113. The van der Waals surface area contributed by atoms with Gasteiger partial charge < -0.3 is 0 Å². The summed E-state index contributed by atoms with van der Waals surface area (Å²) < 4.78 is 30.0. The third-order valence-corrected chi connectivity index (χ3v) is 7.87. The first-order valence-corrected chi connectivity index (χ1v) is 12.2. The van der Waals surface area contributed by atoms with Gasteiger partial charge in [-0.25, -0.2) is 8.78 Å². The molecule has 0 heterocycles. The van der Waals surface area contributed by atoms with Crippen molar-refractivity contribution in [2.24, 2.45) is 17.8 Å². The van der Waals surface area contributed by atoms with Gasteiger partial charge in [-0.3, -0.25) is 0 Å². The monoisotopic (exact) mass is 410 g/mol. The molecule has 2 heteroatoms. The summed E-state index contributed by atoms with van der Waals surface area (Å²) in [5, 5.41) is 0. The number of benzene rings is 2. The summed E-state index contributed by atoms with van der Waals surface area (Å²) in [5.74, 6) is 1.96. The largest absolute Gasteiger partial charge is 0.206 e. The first kappa shape index (κ1) is 21.5. The van der Waals surface area contributed by atoms with Crippen LogP contribution in [0.4, 0.5) is 8.78 Å². The standard InChI is InChI=1S/C28H36F2/c1-3-5-6-20-9-12-23-16-24(14-13-22(23)15-20)25-17-26(29)28(27(30)18-25)21-10-7-19(4-2)8-11-21/h7-8,10-11,17-18,20,22-24H,3-6,9,12-16H2,1-2H3. The van der Waals surface area contributed by atoms with Crippen LogP contribution in [0.2, 0.25) is 0 Å². The molecule has 2 aromatic rings. The van der Waals surface area contributed by atoms with Gasteiger partial charge in [-0.1, -0.05) is 63.8 Å². The van der Waals surface area contributed by atoms with Crippen molar-refractivity contribution in [2.45, 2.75) is 84.0 Å². The van der Waals surface area contributed by atoms with Crippen molar-refractivity contribution in [1.82, 2.24) is 0 Å². The van der Waals surface area contributed by atoms with Crippen LogP contribution in [0.3, 0.4) is 0 Å². The van der Waals surface area contributed by atoms with Crippen LogP contribution in [0.25, 0.3) is 11.1 Å². The van der Waals surface area contributed by atoms with Crippen molar-refractivity contribution in [3.05, 3.63) is 59.2 Å². The minimum Gasteiger partial charge on any atom is -0.206 e. The lowest BCUT2D eigenvalue weighted by Crippen LogP contribution is -2.30. The maximum Gasteiger partial charge on any atom is 0.134 e. The van der Waals surface area contributed by atoms with E-state index in [1.807, 2.05) is 24.3 Å². The molecule has 0 nitrogen and oxygen atoms in total. The molecule has 4 atom stereocenters. The van der Waals surface area contributed by atoms with Crippen molar-refractivity contribution in [3.63, 3.8) is 0 Å². The Bertz CT molecular complexity index is 815. The van der Waals surface area contributed by atoms with Gasteiger partial charge in [-0.05, 0) is 91.0 Å². The van der Waals surface area contributed by atoms with E-state index in [1.165, 1.54) is 50.5 Å². The zero-order chi connectivity index (χ0) is 21.1. The molecule has 4 rings (SSSR count). The highest BCUT2D eigenvalue weighted by molar-refractivity contribution is 5.65. The van der Waals surface area contributed by atoms with Crippen LogP contribution in [0, 0.1) is 29.4 Å². The molecule has 162 valence electrons. The number of hydrogen-bond acceptors (Lipinski definition) is 0. The van der Waals surface area contributed by atoms with Gasteiger partial charge in [0.15, 0.2) is 0 Å². The molecule has 0 aromatic heterocycles. The Morgan fingerprint density at radius 2 is 1.50 bits per heavy atom. The van der Waals surface area contributed by atoms with E-state index in [0.717, 1.165) is 42.6 Å². The molecule has 2 saturated carbocycles. The first-order chi connectivity index (χ1) is 14.6. The Morgan fingerprint density at radius 3 is 2.17 bits per heavy atom. The number of halogens is 2. The van der Waals surface area contributed by atoms with Gasteiger partial charge in [0.1, 0.15) is 11.6 Å². The van der Waals surface area contributed by atoms with E-state index in [-0.39, 0.29) is 5.56 Å². The van der Waals surface area contributed by atoms with E-state index < -0.39 is 11.6 Å². The van der Waals surface area contributed by atoms with E-state index >= 15 is 0 Å². The molecular weight excluding hydrogens is 374 g/mol. The smallest absolute Gasteiger partial charge is 0.134 e. The molecule has 0 amide bonds. The second-order valence-electron chi connectivity index (χ2n) is 9.76. The van der Waals surface area contributed by atoms with Crippen LogP contribution < -0.4 is 0 Å². The van der Waals surface area contributed by atoms with Crippen LogP contribution >= 0.6 is 0 Å². The van der Waals surface area contributed by atoms with Crippen molar-refractivity contribution in [2.75, 3.05) is 0 Å². The molecule has 30 heavy (non-hydrogen) atoms. The maximum atomic E-state index is 15.0. The average molecular weight is 411 g/mol. The average Bonchev–Trinajstić information content (AvgIpc) is 2.77. The molecule has 0 spiro atoms. The molecule has 4 unspecified atom stereocenters. The van der Waals surface area contributed by atoms with Gasteiger partial charge in [-0.2, -0.15) is 0 Å². The summed E-state index contributed by atoms with van der Waals surface area (Å²) >= 11 is 0. The molecule has 2 aliphatic carbocycles. The topological polar surface area (TPSA) is 0 Å². The third kappa shape index (κ3) is 4.63. The van der Waals surface area contributed by atoms with Crippen molar-refractivity contribution >= 4 is 0 Å². The highest BCUT2D eigenvalue weighted by Crippen LogP contribution is 2.48. The normalized spacial score (nSPS) is 26.4. The molecule has 2 fully saturated rings. The Kier molecular flexibility index (Phi) is 6.91. The molecule has 0 radical (unpaired) electrons. The van der Waals surface area contributed by atoms with Gasteiger partial charge in [0.05, 0.1) is 5.56 Å². The summed E-state index contributed by atoms with van der Waals surface area (Å²) in [6.07, 6.45) is 12.4. The van der Waals surface area contributed by atoms with Crippen molar-refractivity contribution in [1.29, 1.82) is 0 Å². The fraction of sp³-hybridized carbons (Fsp3) is 0.571. The van der Waals surface area contributed by atoms with Gasteiger partial charge in [0.2, 0.25) is 0 Å². The van der Waals surface area contributed by atoms with Crippen LogP contribution in [0.15, 0.2) is 36.4 Å². The number of unbranched alkanes of at least 4 members (excludes halogenated alkanes) is 1. The van der Waals surface area contributed by atoms with Gasteiger partial charge >= 0.3 is 0 Å². The van der Waals surface area contributed by atoms with Crippen molar-refractivity contribution < 1.29 is 8.78 Å². The summed E-state index contributed by atoms with van der Waals surface area (Å²) in [4.78, 5) is 0. The Hall–Kier alpha value is -1.70. The fourth-order valence-corrected chi connectivity index (χ4v) is 6.06. The SMILES string of the molecule is CCCCC1CCC2CC(c3cc(F)c(-c4ccc(CC)cc4)c(F)c3)CCC2C1. The van der Waals surface area contributed by atoms with Crippen molar-refractivity contribution in [3.8, 4) is 11.1 Å². The highest BCUT2D eigenvalue weighted by atomic mass is 19.1. The van der Waals surface area contributed by atoms with Gasteiger partial charge in [0.25, 0.3) is 0 Å². The molecule has 0 saturated heterocycles. The van der Waals surface area contributed by atoms with Crippen LogP contribution in [0.1, 0.15) is 88.7 Å². The zero-order valence-corrected chi connectivity index (χ0v) is 18.6. The minimum atomic E-state index is -0.417. The van der Waals surface area contributed by atoms with E-state index in [4.69, 9.17) is 0 Å².